The predicted octanol–water partition coefficient (Wildman–Crippen LogP) is -0.129. The van der Waals surface area contributed by atoms with Crippen LogP contribution in [0.15, 0.2) is 0 Å². The lowest BCUT2D eigenvalue weighted by Crippen LogP contribution is -2.42. The summed E-state index contributed by atoms with van der Waals surface area (Å²) < 4.78 is 5.06. The number of ether oxygens (including phenoxy) is 1. The van der Waals surface area contributed by atoms with E-state index >= 15 is 0 Å². The molecule has 0 saturated carbocycles. The third-order valence-corrected chi connectivity index (χ3v) is 1.42. The van der Waals surface area contributed by atoms with Crippen molar-refractivity contribution in [3.05, 3.63) is 0 Å². The zero-order valence-corrected chi connectivity index (χ0v) is 6.89. The van der Waals surface area contributed by atoms with Gasteiger partial charge in [0.25, 0.3) is 0 Å². The number of carbonyl (C=O) groups is 1. The maximum absolute atomic E-state index is 10.2. The SMILES string of the molecule is Cl.O=C(O)C[C@@H]1COCCN1. The lowest BCUT2D eigenvalue weighted by Gasteiger charge is -2.21. The second kappa shape index (κ2) is 5.35. The van der Waals surface area contributed by atoms with E-state index in [1.807, 2.05) is 0 Å². The fraction of sp³-hybridized carbons (Fsp3) is 0.833. The van der Waals surface area contributed by atoms with Crippen LogP contribution in [0, 0.1) is 0 Å². The maximum atomic E-state index is 10.2. The largest absolute Gasteiger partial charge is 0.481 e. The first-order valence-electron chi connectivity index (χ1n) is 3.32. The molecular weight excluding hydrogens is 170 g/mol. The summed E-state index contributed by atoms with van der Waals surface area (Å²) >= 11 is 0. The summed E-state index contributed by atoms with van der Waals surface area (Å²) in [5, 5.41) is 11.4. The van der Waals surface area contributed by atoms with E-state index in [1.54, 1.807) is 0 Å². The van der Waals surface area contributed by atoms with Crippen LogP contribution >= 0.6 is 12.4 Å². The van der Waals surface area contributed by atoms with Crippen molar-refractivity contribution in [3.63, 3.8) is 0 Å². The van der Waals surface area contributed by atoms with Gasteiger partial charge < -0.3 is 15.2 Å². The van der Waals surface area contributed by atoms with Gasteiger partial charge in [0.1, 0.15) is 0 Å². The Morgan fingerprint density at radius 3 is 2.91 bits per heavy atom. The second-order valence-corrected chi connectivity index (χ2v) is 2.32. The molecule has 2 N–H and O–H groups in total. The fourth-order valence-corrected chi connectivity index (χ4v) is 0.962. The number of carboxylic acid groups (broad SMARTS) is 1. The van der Waals surface area contributed by atoms with Crippen molar-refractivity contribution in [2.75, 3.05) is 19.8 Å². The summed E-state index contributed by atoms with van der Waals surface area (Å²) in [6.07, 6.45) is 0.153. The Bertz CT molecular complexity index is 125. The fourth-order valence-electron chi connectivity index (χ4n) is 0.962. The summed E-state index contributed by atoms with van der Waals surface area (Å²) in [6, 6.07) is 0.00579. The molecule has 11 heavy (non-hydrogen) atoms. The minimum absolute atomic E-state index is 0. The third kappa shape index (κ3) is 4.19. The summed E-state index contributed by atoms with van der Waals surface area (Å²) in [5.74, 6) is -0.775. The molecule has 1 aliphatic rings. The second-order valence-electron chi connectivity index (χ2n) is 2.32. The summed E-state index contributed by atoms with van der Waals surface area (Å²) in [6.45, 7) is 1.97. The van der Waals surface area contributed by atoms with E-state index in [0.717, 1.165) is 6.54 Å². The van der Waals surface area contributed by atoms with E-state index in [4.69, 9.17) is 9.84 Å². The van der Waals surface area contributed by atoms with Gasteiger partial charge in [-0.15, -0.1) is 12.4 Å². The Hall–Kier alpha value is -0.320. The zero-order valence-electron chi connectivity index (χ0n) is 6.08. The number of hydrogen-bond donors (Lipinski definition) is 2. The van der Waals surface area contributed by atoms with E-state index < -0.39 is 5.97 Å². The van der Waals surface area contributed by atoms with Crippen molar-refractivity contribution in [1.29, 1.82) is 0 Å². The smallest absolute Gasteiger partial charge is 0.305 e. The van der Waals surface area contributed by atoms with Gasteiger partial charge in [0.05, 0.1) is 19.6 Å². The molecule has 0 aromatic heterocycles. The van der Waals surface area contributed by atoms with Gasteiger partial charge in [0.2, 0.25) is 0 Å². The number of halogens is 1. The minimum Gasteiger partial charge on any atom is -0.481 e. The Balaban J connectivity index is 0.000001000. The number of hydrogen-bond acceptors (Lipinski definition) is 3. The molecule has 5 heteroatoms. The molecule has 0 unspecified atom stereocenters. The quantitative estimate of drug-likeness (QED) is 0.623. The molecular formula is C6H12ClNO3. The summed E-state index contributed by atoms with van der Waals surface area (Å²) in [5.41, 5.74) is 0. The van der Waals surface area contributed by atoms with E-state index in [-0.39, 0.29) is 24.9 Å². The molecule has 0 spiro atoms. The van der Waals surface area contributed by atoms with Crippen LogP contribution in [-0.2, 0) is 9.53 Å². The molecule has 0 radical (unpaired) electrons. The van der Waals surface area contributed by atoms with Crippen molar-refractivity contribution in [3.8, 4) is 0 Å². The lowest BCUT2D eigenvalue weighted by molar-refractivity contribution is -0.138. The van der Waals surface area contributed by atoms with Crippen molar-refractivity contribution in [1.82, 2.24) is 5.32 Å². The van der Waals surface area contributed by atoms with Crippen LogP contribution in [0.2, 0.25) is 0 Å². The standard InChI is InChI=1S/C6H11NO3.ClH/c8-6(9)3-5-4-10-2-1-7-5;/h5,7H,1-4H2,(H,8,9);1H/t5-;/m1./s1. The van der Waals surface area contributed by atoms with Crippen LogP contribution in [0.4, 0.5) is 0 Å². The van der Waals surface area contributed by atoms with Crippen molar-refractivity contribution in [2.24, 2.45) is 0 Å². The first kappa shape index (κ1) is 10.7. The van der Waals surface area contributed by atoms with E-state index in [0.29, 0.717) is 13.2 Å². The van der Waals surface area contributed by atoms with Crippen molar-refractivity contribution < 1.29 is 14.6 Å². The highest BCUT2D eigenvalue weighted by atomic mass is 35.5. The molecule has 1 rings (SSSR count). The highest BCUT2D eigenvalue weighted by Crippen LogP contribution is 1.97. The first-order chi connectivity index (χ1) is 4.79. The number of carboxylic acids is 1. The summed E-state index contributed by atoms with van der Waals surface area (Å²) in [4.78, 5) is 10.2. The average molecular weight is 182 g/mol. The monoisotopic (exact) mass is 181 g/mol. The maximum Gasteiger partial charge on any atom is 0.305 e. The van der Waals surface area contributed by atoms with Crippen LogP contribution in [0.25, 0.3) is 0 Å². The Morgan fingerprint density at radius 1 is 1.73 bits per heavy atom. The van der Waals surface area contributed by atoms with Gasteiger partial charge in [-0.05, 0) is 0 Å². The first-order valence-corrected chi connectivity index (χ1v) is 3.32. The topological polar surface area (TPSA) is 58.6 Å². The molecule has 0 aromatic rings. The summed E-state index contributed by atoms with van der Waals surface area (Å²) in [7, 11) is 0. The van der Waals surface area contributed by atoms with Gasteiger partial charge in [-0.2, -0.15) is 0 Å². The van der Waals surface area contributed by atoms with E-state index in [2.05, 4.69) is 5.32 Å². The molecule has 1 aliphatic heterocycles. The molecule has 0 bridgehead atoms. The normalized spacial score (nSPS) is 23.8. The minimum atomic E-state index is -0.775. The van der Waals surface area contributed by atoms with E-state index in [1.165, 1.54) is 0 Å². The van der Waals surface area contributed by atoms with E-state index in [9.17, 15) is 4.79 Å². The molecule has 1 heterocycles. The highest BCUT2D eigenvalue weighted by molar-refractivity contribution is 5.85. The molecule has 0 aliphatic carbocycles. The van der Waals surface area contributed by atoms with Gasteiger partial charge in [-0.25, -0.2) is 0 Å². The number of morpholine rings is 1. The zero-order chi connectivity index (χ0) is 7.40. The van der Waals surface area contributed by atoms with Crippen LogP contribution in [0.1, 0.15) is 6.42 Å². The molecule has 1 saturated heterocycles. The van der Waals surface area contributed by atoms with Crippen LogP contribution in [0.3, 0.4) is 0 Å². The average Bonchev–Trinajstić information content (AvgIpc) is 1.88. The van der Waals surface area contributed by atoms with Gasteiger partial charge in [0, 0.05) is 12.6 Å². The predicted molar refractivity (Wildman–Crippen MR) is 42.1 cm³/mol. The van der Waals surface area contributed by atoms with Gasteiger partial charge >= 0.3 is 5.97 Å². The molecule has 1 atom stereocenters. The number of nitrogens with one attached hydrogen (secondary N) is 1. The van der Waals surface area contributed by atoms with Crippen LogP contribution in [-0.4, -0.2) is 36.9 Å². The van der Waals surface area contributed by atoms with Gasteiger partial charge in [0.15, 0.2) is 0 Å². The van der Waals surface area contributed by atoms with Crippen molar-refractivity contribution >= 4 is 18.4 Å². The number of rotatable bonds is 2. The Morgan fingerprint density at radius 2 is 2.45 bits per heavy atom. The third-order valence-electron chi connectivity index (χ3n) is 1.42. The number of aliphatic carboxylic acids is 1. The lowest BCUT2D eigenvalue weighted by atomic mass is 10.2. The Kier molecular flexibility index (Phi) is 5.19. The molecule has 66 valence electrons. The van der Waals surface area contributed by atoms with Crippen molar-refractivity contribution in [2.45, 2.75) is 12.5 Å². The van der Waals surface area contributed by atoms with Crippen LogP contribution < -0.4 is 5.32 Å². The molecule has 0 amide bonds. The highest BCUT2D eigenvalue weighted by Gasteiger charge is 2.15. The molecule has 4 nitrogen and oxygen atoms in total. The van der Waals surface area contributed by atoms with Gasteiger partial charge in [-0.1, -0.05) is 0 Å². The van der Waals surface area contributed by atoms with Gasteiger partial charge in [-0.3, -0.25) is 4.79 Å². The Labute approximate surface area is 71.3 Å². The molecule has 1 fully saturated rings. The van der Waals surface area contributed by atoms with Crippen LogP contribution in [0.5, 0.6) is 0 Å². The molecule has 0 aromatic carbocycles.